The molecular formula is C20H26N8O3. The molecule has 0 saturated heterocycles. The van der Waals surface area contributed by atoms with Gasteiger partial charge >= 0.3 is 5.69 Å². The molecule has 11 heteroatoms. The average Bonchev–Trinajstić information content (AvgIpc) is 3.32. The lowest BCUT2D eigenvalue weighted by molar-refractivity contribution is -0.129. The summed E-state index contributed by atoms with van der Waals surface area (Å²) in [6, 6.07) is 0.0323. The Labute approximate surface area is 178 Å². The Morgan fingerprint density at radius 1 is 1.35 bits per heavy atom. The number of likely N-dealkylation sites (N-methyl/N-ethyl adjacent to an activating group) is 1. The summed E-state index contributed by atoms with van der Waals surface area (Å²) < 4.78 is 10.2. The number of ether oxygens (including phenoxy) is 1. The van der Waals surface area contributed by atoms with E-state index in [1.807, 2.05) is 0 Å². The van der Waals surface area contributed by atoms with Gasteiger partial charge in [0.25, 0.3) is 5.88 Å². The lowest BCUT2D eigenvalue weighted by Crippen LogP contribution is -2.48. The van der Waals surface area contributed by atoms with E-state index in [4.69, 9.17) is 4.74 Å². The van der Waals surface area contributed by atoms with E-state index in [1.165, 1.54) is 10.5 Å². The Bertz CT molecular complexity index is 1200. The summed E-state index contributed by atoms with van der Waals surface area (Å²) in [4.78, 5) is 31.3. The number of aromatic nitrogens is 5. The van der Waals surface area contributed by atoms with Crippen molar-refractivity contribution in [3.8, 4) is 5.88 Å². The third-order valence-corrected chi connectivity index (χ3v) is 5.75. The molecule has 3 heterocycles. The van der Waals surface area contributed by atoms with Crippen LogP contribution in [-0.4, -0.2) is 61.8 Å². The fourth-order valence-electron chi connectivity index (χ4n) is 3.91. The molecule has 1 saturated carbocycles. The highest BCUT2D eigenvalue weighted by molar-refractivity contribution is 5.87. The molecule has 3 aromatic rings. The van der Waals surface area contributed by atoms with Gasteiger partial charge in [-0.25, -0.2) is 14.2 Å². The van der Waals surface area contributed by atoms with Crippen molar-refractivity contribution in [3.63, 3.8) is 0 Å². The molecule has 1 fully saturated rings. The summed E-state index contributed by atoms with van der Waals surface area (Å²) in [6.07, 6.45) is 7.85. The van der Waals surface area contributed by atoms with Crippen LogP contribution in [0.15, 0.2) is 36.0 Å². The van der Waals surface area contributed by atoms with E-state index >= 15 is 0 Å². The molecule has 1 aliphatic carbocycles. The first kappa shape index (κ1) is 20.5. The van der Waals surface area contributed by atoms with Gasteiger partial charge in [-0.15, -0.1) is 5.10 Å². The Morgan fingerprint density at radius 2 is 2.10 bits per heavy atom. The predicted octanol–water partition coefficient (Wildman–Crippen LogP) is 1.37. The number of nitrogens with zero attached hydrogens (tertiary/aromatic N) is 6. The zero-order valence-electron chi connectivity index (χ0n) is 18.0. The monoisotopic (exact) mass is 426 g/mol. The fourth-order valence-corrected chi connectivity index (χ4v) is 3.91. The number of carbonyl (C=O) groups excluding carboxylic acids is 1. The maximum absolute atomic E-state index is 13.3. The van der Waals surface area contributed by atoms with Crippen molar-refractivity contribution >= 4 is 28.7 Å². The van der Waals surface area contributed by atoms with Crippen molar-refractivity contribution in [1.82, 2.24) is 28.6 Å². The molecule has 1 amide bonds. The molecule has 0 aromatic carbocycles. The van der Waals surface area contributed by atoms with Crippen LogP contribution in [0.25, 0.3) is 5.65 Å². The van der Waals surface area contributed by atoms with Gasteiger partial charge in [-0.2, -0.15) is 0 Å². The minimum Gasteiger partial charge on any atom is -0.478 e. The van der Waals surface area contributed by atoms with Gasteiger partial charge in [0.1, 0.15) is 11.5 Å². The molecule has 0 spiro atoms. The van der Waals surface area contributed by atoms with Crippen LogP contribution in [0.4, 0.5) is 17.2 Å². The van der Waals surface area contributed by atoms with Gasteiger partial charge in [0.2, 0.25) is 5.91 Å². The smallest absolute Gasteiger partial charge is 0.335 e. The molecule has 164 valence electrons. The molecule has 0 atom stereocenters. The number of aryl methyl sites for hydroxylation is 1. The van der Waals surface area contributed by atoms with Crippen LogP contribution in [0, 0.1) is 0 Å². The zero-order chi connectivity index (χ0) is 22.3. The van der Waals surface area contributed by atoms with Crippen LogP contribution < -0.4 is 21.1 Å². The Hall–Kier alpha value is -3.76. The topological polar surface area (TPSA) is 111 Å². The quantitative estimate of drug-likeness (QED) is 0.549. The van der Waals surface area contributed by atoms with Crippen molar-refractivity contribution in [2.75, 3.05) is 31.8 Å². The first-order chi connectivity index (χ1) is 14.9. The van der Waals surface area contributed by atoms with Gasteiger partial charge in [-0.1, -0.05) is 6.58 Å². The van der Waals surface area contributed by atoms with Gasteiger partial charge in [0.15, 0.2) is 5.65 Å². The minimum atomic E-state index is -0.193. The molecule has 4 rings (SSSR count). The lowest BCUT2D eigenvalue weighted by atomic mass is 9.85. The van der Waals surface area contributed by atoms with Crippen molar-refractivity contribution in [2.24, 2.45) is 7.05 Å². The second-order valence-corrected chi connectivity index (χ2v) is 7.57. The number of methoxy groups -OCH3 is 1. The molecule has 1 aliphatic rings. The molecule has 0 radical (unpaired) electrons. The number of carbonyl (C=O) groups is 1. The molecule has 31 heavy (non-hydrogen) atoms. The van der Waals surface area contributed by atoms with Gasteiger partial charge in [-0.05, 0) is 18.9 Å². The standard InChI is InChI=1S/C20H26N8O3/c1-6-17(29)26(4)12-7-13(8-12)27-11-14(23-15-10-25(3)24-19(15)31-5)18-22-9-16(21-2)28(18)20(27)30/h6,9-13,21,23H,1,7-8H2,2-5H3. The zero-order valence-corrected chi connectivity index (χ0v) is 18.0. The van der Waals surface area contributed by atoms with Crippen LogP contribution in [0.2, 0.25) is 0 Å². The van der Waals surface area contributed by atoms with E-state index in [-0.39, 0.29) is 23.7 Å². The SMILES string of the molecule is C=CC(=O)N(C)C1CC(n2cc(Nc3cn(C)nc3OC)c3ncc(NC)n3c2=O)C1. The largest absolute Gasteiger partial charge is 0.478 e. The summed E-state index contributed by atoms with van der Waals surface area (Å²) in [6.45, 7) is 3.54. The number of hydrogen-bond donors (Lipinski definition) is 2. The third-order valence-electron chi connectivity index (χ3n) is 5.75. The van der Waals surface area contributed by atoms with E-state index in [1.54, 1.807) is 61.0 Å². The normalized spacial score (nSPS) is 17.8. The van der Waals surface area contributed by atoms with Crippen molar-refractivity contribution in [2.45, 2.75) is 24.9 Å². The van der Waals surface area contributed by atoms with Crippen LogP contribution in [0.5, 0.6) is 5.88 Å². The highest BCUT2D eigenvalue weighted by atomic mass is 16.5. The van der Waals surface area contributed by atoms with E-state index in [0.29, 0.717) is 41.6 Å². The summed E-state index contributed by atoms with van der Waals surface area (Å²) in [5.41, 5.74) is 1.60. The molecule has 0 bridgehead atoms. The first-order valence-corrected chi connectivity index (χ1v) is 9.92. The van der Waals surface area contributed by atoms with Crippen molar-refractivity contribution < 1.29 is 9.53 Å². The number of fused-ring (bicyclic) bond motifs is 1. The maximum atomic E-state index is 13.3. The highest BCUT2D eigenvalue weighted by Gasteiger charge is 2.36. The number of amides is 1. The molecule has 2 N–H and O–H groups in total. The van der Waals surface area contributed by atoms with Gasteiger partial charge < -0.3 is 20.3 Å². The number of hydrogen-bond acceptors (Lipinski definition) is 7. The van der Waals surface area contributed by atoms with Gasteiger partial charge in [0, 0.05) is 39.4 Å². The van der Waals surface area contributed by atoms with Gasteiger partial charge in [-0.3, -0.25) is 14.0 Å². The molecule has 3 aromatic heterocycles. The van der Waals surface area contributed by atoms with Crippen molar-refractivity contribution in [3.05, 3.63) is 41.7 Å². The summed E-state index contributed by atoms with van der Waals surface area (Å²) in [7, 11) is 6.85. The van der Waals surface area contributed by atoms with E-state index in [2.05, 4.69) is 27.3 Å². The summed E-state index contributed by atoms with van der Waals surface area (Å²) in [5.74, 6) is 0.904. The van der Waals surface area contributed by atoms with E-state index in [0.717, 1.165) is 0 Å². The van der Waals surface area contributed by atoms with Crippen LogP contribution in [0.1, 0.15) is 18.9 Å². The van der Waals surface area contributed by atoms with Crippen LogP contribution in [0.3, 0.4) is 0 Å². The van der Waals surface area contributed by atoms with Crippen molar-refractivity contribution in [1.29, 1.82) is 0 Å². The third kappa shape index (κ3) is 3.41. The molecule has 0 unspecified atom stereocenters. The fraction of sp³-hybridized carbons (Fsp3) is 0.400. The van der Waals surface area contributed by atoms with Gasteiger partial charge in [0.05, 0.1) is 25.2 Å². The number of anilines is 3. The molecule has 0 aliphatic heterocycles. The lowest BCUT2D eigenvalue weighted by Gasteiger charge is -2.41. The number of imidazole rings is 1. The minimum absolute atomic E-state index is 0.0367. The second-order valence-electron chi connectivity index (χ2n) is 7.57. The number of rotatable bonds is 7. The van der Waals surface area contributed by atoms with E-state index < -0.39 is 0 Å². The first-order valence-electron chi connectivity index (χ1n) is 9.92. The Balaban J connectivity index is 1.73. The second kappa shape index (κ2) is 7.82. The number of nitrogens with one attached hydrogen (secondary N) is 2. The summed E-state index contributed by atoms with van der Waals surface area (Å²) in [5, 5.41) is 10.6. The molecule has 11 nitrogen and oxygen atoms in total. The van der Waals surface area contributed by atoms with Crippen LogP contribution in [-0.2, 0) is 11.8 Å². The van der Waals surface area contributed by atoms with E-state index in [9.17, 15) is 9.59 Å². The highest BCUT2D eigenvalue weighted by Crippen LogP contribution is 2.36. The van der Waals surface area contributed by atoms with Crippen LogP contribution >= 0.6 is 0 Å². The summed E-state index contributed by atoms with van der Waals surface area (Å²) >= 11 is 0. The Morgan fingerprint density at radius 3 is 2.74 bits per heavy atom. The maximum Gasteiger partial charge on any atom is 0.335 e. The predicted molar refractivity (Wildman–Crippen MR) is 117 cm³/mol. The molecular weight excluding hydrogens is 400 g/mol. The average molecular weight is 426 g/mol. The Kier molecular flexibility index (Phi) is 5.17.